The highest BCUT2D eigenvalue weighted by Crippen LogP contribution is 2.08. The molecule has 1 heterocycles. The summed E-state index contributed by atoms with van der Waals surface area (Å²) in [5, 5.41) is 4.10. The van der Waals surface area contributed by atoms with E-state index in [9.17, 15) is 4.79 Å². The number of carbonyl (C=O) groups excluding carboxylic acids is 1. The average molecular weight is 203 g/mol. The van der Waals surface area contributed by atoms with Crippen LogP contribution in [0.5, 0.6) is 0 Å². The molecule has 4 heteroatoms. The first-order valence-electron chi connectivity index (χ1n) is 4.90. The Morgan fingerprint density at radius 2 is 2.07 bits per heavy atom. The molecule has 0 unspecified atom stereocenters. The van der Waals surface area contributed by atoms with E-state index in [-0.39, 0.29) is 5.91 Å². The average Bonchev–Trinajstić information content (AvgIpc) is 2.59. The Morgan fingerprint density at radius 3 is 2.67 bits per heavy atom. The molecule has 0 saturated carbocycles. The molecular formula is C11H13N3O. The summed E-state index contributed by atoms with van der Waals surface area (Å²) in [7, 11) is 1.79. The molecular weight excluding hydrogens is 190 g/mol. The Hall–Kier alpha value is -1.84. The van der Waals surface area contributed by atoms with Crippen LogP contribution in [0.15, 0.2) is 35.4 Å². The third kappa shape index (κ3) is 2.15. The number of carbonyl (C=O) groups is 1. The van der Waals surface area contributed by atoms with Crippen molar-refractivity contribution in [2.75, 3.05) is 19.0 Å². The van der Waals surface area contributed by atoms with Crippen molar-refractivity contribution >= 4 is 17.3 Å². The molecule has 4 nitrogen and oxygen atoms in total. The molecule has 0 bridgehead atoms. The van der Waals surface area contributed by atoms with Crippen LogP contribution >= 0.6 is 0 Å². The Labute approximate surface area is 88.6 Å². The Kier molecular flexibility index (Phi) is 2.67. The molecule has 78 valence electrons. The SMILES string of the molecule is CN1CC/C(=N\Nc2ccccc2)C1=O. The van der Waals surface area contributed by atoms with E-state index in [1.807, 2.05) is 30.3 Å². The number of benzene rings is 1. The lowest BCUT2D eigenvalue weighted by Gasteiger charge is -2.04. The molecule has 1 amide bonds. The summed E-state index contributed by atoms with van der Waals surface area (Å²) >= 11 is 0. The minimum atomic E-state index is 0.0124. The van der Waals surface area contributed by atoms with Crippen molar-refractivity contribution in [3.8, 4) is 0 Å². The van der Waals surface area contributed by atoms with Crippen molar-refractivity contribution in [1.82, 2.24) is 4.90 Å². The van der Waals surface area contributed by atoms with Gasteiger partial charge in [0.25, 0.3) is 5.91 Å². The number of hydrogen-bond donors (Lipinski definition) is 1. The topological polar surface area (TPSA) is 44.7 Å². The van der Waals surface area contributed by atoms with E-state index < -0.39 is 0 Å². The van der Waals surface area contributed by atoms with Gasteiger partial charge in [0.05, 0.1) is 5.69 Å². The van der Waals surface area contributed by atoms with E-state index in [1.54, 1.807) is 11.9 Å². The molecule has 1 aliphatic rings. The van der Waals surface area contributed by atoms with E-state index in [2.05, 4.69) is 10.5 Å². The number of likely N-dealkylation sites (tertiary alicyclic amines) is 1. The number of para-hydroxylation sites is 1. The van der Waals surface area contributed by atoms with Gasteiger partial charge in [-0.05, 0) is 12.1 Å². The lowest BCUT2D eigenvalue weighted by Crippen LogP contribution is -2.23. The summed E-state index contributed by atoms with van der Waals surface area (Å²) in [6.45, 7) is 0.758. The Balaban J connectivity index is 2.04. The van der Waals surface area contributed by atoms with Gasteiger partial charge >= 0.3 is 0 Å². The maximum absolute atomic E-state index is 11.5. The lowest BCUT2D eigenvalue weighted by atomic mass is 10.3. The number of nitrogens with zero attached hydrogens (tertiary/aromatic N) is 2. The second-order valence-corrected chi connectivity index (χ2v) is 3.51. The molecule has 1 N–H and O–H groups in total. The molecule has 1 aliphatic heterocycles. The number of nitrogens with one attached hydrogen (secondary N) is 1. The molecule has 15 heavy (non-hydrogen) atoms. The lowest BCUT2D eigenvalue weighted by molar-refractivity contribution is -0.121. The van der Waals surface area contributed by atoms with E-state index in [0.717, 1.165) is 18.7 Å². The molecule has 0 radical (unpaired) electrons. The molecule has 0 spiro atoms. The van der Waals surface area contributed by atoms with E-state index >= 15 is 0 Å². The number of hydrogen-bond acceptors (Lipinski definition) is 3. The molecule has 1 fully saturated rings. The van der Waals surface area contributed by atoms with Gasteiger partial charge in [-0.25, -0.2) is 0 Å². The first-order chi connectivity index (χ1) is 7.27. The van der Waals surface area contributed by atoms with Crippen molar-refractivity contribution in [1.29, 1.82) is 0 Å². The minimum absolute atomic E-state index is 0.0124. The maximum Gasteiger partial charge on any atom is 0.269 e. The van der Waals surface area contributed by atoms with Crippen molar-refractivity contribution in [2.45, 2.75) is 6.42 Å². The van der Waals surface area contributed by atoms with Crippen LogP contribution in [0, 0.1) is 0 Å². The second-order valence-electron chi connectivity index (χ2n) is 3.51. The summed E-state index contributed by atoms with van der Waals surface area (Å²) in [4.78, 5) is 13.2. The summed E-state index contributed by atoms with van der Waals surface area (Å²) in [5.41, 5.74) is 4.37. The molecule has 0 atom stereocenters. The fourth-order valence-corrected chi connectivity index (χ4v) is 1.45. The molecule has 1 aromatic carbocycles. The smallest absolute Gasteiger partial charge is 0.269 e. The van der Waals surface area contributed by atoms with Crippen molar-refractivity contribution in [3.05, 3.63) is 30.3 Å². The van der Waals surface area contributed by atoms with Gasteiger partial charge in [-0.2, -0.15) is 5.10 Å². The van der Waals surface area contributed by atoms with Crippen molar-refractivity contribution in [2.24, 2.45) is 5.10 Å². The van der Waals surface area contributed by atoms with Crippen LogP contribution in [0.25, 0.3) is 0 Å². The number of hydrazone groups is 1. The van der Waals surface area contributed by atoms with Crippen LogP contribution in [0.3, 0.4) is 0 Å². The second kappa shape index (κ2) is 4.13. The van der Waals surface area contributed by atoms with Crippen LogP contribution in [0.2, 0.25) is 0 Å². The molecule has 0 aromatic heterocycles. The molecule has 2 rings (SSSR count). The Bertz CT molecular complexity index is 386. The van der Waals surface area contributed by atoms with Gasteiger partial charge < -0.3 is 4.90 Å². The van der Waals surface area contributed by atoms with Crippen LogP contribution in [0.4, 0.5) is 5.69 Å². The standard InChI is InChI=1S/C11H13N3O/c1-14-8-7-10(11(14)15)13-12-9-5-3-2-4-6-9/h2-6,12H,7-8H2,1H3/b13-10+. The van der Waals surface area contributed by atoms with Gasteiger partial charge in [-0.3, -0.25) is 10.2 Å². The minimum Gasteiger partial charge on any atom is -0.340 e. The summed E-state index contributed by atoms with van der Waals surface area (Å²) in [6, 6.07) is 9.60. The largest absolute Gasteiger partial charge is 0.340 e. The van der Waals surface area contributed by atoms with Gasteiger partial charge in [-0.1, -0.05) is 18.2 Å². The van der Waals surface area contributed by atoms with E-state index in [1.165, 1.54) is 0 Å². The summed E-state index contributed by atoms with van der Waals surface area (Å²) in [6.07, 6.45) is 0.717. The highest BCUT2D eigenvalue weighted by atomic mass is 16.2. The van der Waals surface area contributed by atoms with Crippen molar-refractivity contribution in [3.63, 3.8) is 0 Å². The first-order valence-corrected chi connectivity index (χ1v) is 4.90. The summed E-state index contributed by atoms with van der Waals surface area (Å²) < 4.78 is 0. The summed E-state index contributed by atoms with van der Waals surface area (Å²) in [5.74, 6) is 0.0124. The predicted molar refractivity (Wildman–Crippen MR) is 59.8 cm³/mol. The number of amides is 1. The first kappa shape index (κ1) is 9.71. The van der Waals surface area contributed by atoms with Crippen LogP contribution in [0.1, 0.15) is 6.42 Å². The highest BCUT2D eigenvalue weighted by Gasteiger charge is 2.23. The van der Waals surface area contributed by atoms with Crippen LogP contribution < -0.4 is 5.43 Å². The number of anilines is 1. The normalized spacial score (nSPS) is 18.6. The monoisotopic (exact) mass is 203 g/mol. The fraction of sp³-hybridized carbons (Fsp3) is 0.273. The highest BCUT2D eigenvalue weighted by molar-refractivity contribution is 6.40. The zero-order valence-corrected chi connectivity index (χ0v) is 8.60. The van der Waals surface area contributed by atoms with Crippen molar-refractivity contribution < 1.29 is 4.79 Å². The molecule has 1 aromatic rings. The van der Waals surface area contributed by atoms with E-state index in [0.29, 0.717) is 5.71 Å². The van der Waals surface area contributed by atoms with Crippen LogP contribution in [-0.2, 0) is 4.79 Å². The third-order valence-electron chi connectivity index (χ3n) is 2.37. The van der Waals surface area contributed by atoms with Crippen LogP contribution in [-0.4, -0.2) is 30.1 Å². The number of rotatable bonds is 2. The zero-order valence-electron chi connectivity index (χ0n) is 8.60. The van der Waals surface area contributed by atoms with Gasteiger partial charge in [0, 0.05) is 20.0 Å². The molecule has 0 aliphatic carbocycles. The van der Waals surface area contributed by atoms with Gasteiger partial charge in [0.1, 0.15) is 5.71 Å². The molecule has 1 saturated heterocycles. The predicted octanol–water partition coefficient (Wildman–Crippen LogP) is 1.32. The fourth-order valence-electron chi connectivity index (χ4n) is 1.45. The third-order valence-corrected chi connectivity index (χ3v) is 2.37. The van der Waals surface area contributed by atoms with E-state index in [4.69, 9.17) is 0 Å². The Morgan fingerprint density at radius 1 is 1.33 bits per heavy atom. The van der Waals surface area contributed by atoms with Gasteiger partial charge in [-0.15, -0.1) is 0 Å². The quantitative estimate of drug-likeness (QED) is 0.737. The van der Waals surface area contributed by atoms with Gasteiger partial charge in [0.15, 0.2) is 0 Å². The van der Waals surface area contributed by atoms with Gasteiger partial charge in [0.2, 0.25) is 0 Å². The zero-order chi connectivity index (χ0) is 10.7. The maximum atomic E-state index is 11.5.